The van der Waals surface area contributed by atoms with Gasteiger partial charge in [-0.25, -0.2) is 0 Å². The third-order valence-electron chi connectivity index (χ3n) is 1.81. The van der Waals surface area contributed by atoms with Crippen molar-refractivity contribution in [1.29, 1.82) is 0 Å². The summed E-state index contributed by atoms with van der Waals surface area (Å²) in [5.41, 5.74) is 9.24. The van der Waals surface area contributed by atoms with E-state index in [4.69, 9.17) is 5.73 Å². The molecule has 1 nitrogen and oxygen atoms in total. The van der Waals surface area contributed by atoms with E-state index >= 15 is 0 Å². The van der Waals surface area contributed by atoms with Crippen LogP contribution in [0.1, 0.15) is 16.7 Å². The Labute approximate surface area is 73.0 Å². The lowest BCUT2D eigenvalue weighted by molar-refractivity contribution is 1.06. The van der Waals surface area contributed by atoms with Crippen LogP contribution in [0, 0.1) is 6.92 Å². The van der Waals surface area contributed by atoms with Gasteiger partial charge in [0, 0.05) is 12.3 Å². The van der Waals surface area contributed by atoms with E-state index in [0.29, 0.717) is 6.54 Å². The Balaban J connectivity index is 2.99. The second-order valence-electron chi connectivity index (χ2n) is 2.62. The maximum Gasteiger partial charge on any atom is 0.0178 e. The Bertz CT molecular complexity index is 245. The SMILES string of the molecule is Cc1cc(CN)ccc1CS. The van der Waals surface area contributed by atoms with Gasteiger partial charge < -0.3 is 5.73 Å². The van der Waals surface area contributed by atoms with E-state index in [-0.39, 0.29) is 0 Å². The molecule has 0 atom stereocenters. The summed E-state index contributed by atoms with van der Waals surface area (Å²) in [7, 11) is 0. The minimum absolute atomic E-state index is 0.619. The van der Waals surface area contributed by atoms with Gasteiger partial charge in [-0.1, -0.05) is 18.2 Å². The fourth-order valence-electron chi connectivity index (χ4n) is 1.06. The van der Waals surface area contributed by atoms with Crippen molar-refractivity contribution in [3.8, 4) is 0 Å². The number of hydrogen-bond acceptors (Lipinski definition) is 2. The van der Waals surface area contributed by atoms with Crippen LogP contribution in [0.2, 0.25) is 0 Å². The highest BCUT2D eigenvalue weighted by atomic mass is 32.1. The van der Waals surface area contributed by atoms with Crippen molar-refractivity contribution in [2.24, 2.45) is 5.73 Å². The van der Waals surface area contributed by atoms with Crippen LogP contribution in [0.4, 0.5) is 0 Å². The van der Waals surface area contributed by atoms with Crippen molar-refractivity contribution in [2.45, 2.75) is 19.2 Å². The average molecular weight is 167 g/mol. The Morgan fingerprint density at radius 2 is 2.18 bits per heavy atom. The van der Waals surface area contributed by atoms with Crippen LogP contribution >= 0.6 is 12.6 Å². The summed E-state index contributed by atoms with van der Waals surface area (Å²) >= 11 is 4.21. The molecule has 0 saturated heterocycles. The number of aryl methyl sites for hydroxylation is 1. The molecule has 0 aliphatic rings. The van der Waals surface area contributed by atoms with Crippen molar-refractivity contribution in [3.05, 3.63) is 34.9 Å². The van der Waals surface area contributed by atoms with Crippen molar-refractivity contribution >= 4 is 12.6 Å². The maximum atomic E-state index is 5.49. The molecule has 2 N–H and O–H groups in total. The predicted octanol–water partition coefficient (Wildman–Crippen LogP) is 1.88. The zero-order valence-corrected chi connectivity index (χ0v) is 7.57. The van der Waals surface area contributed by atoms with Gasteiger partial charge in [0.2, 0.25) is 0 Å². The molecule has 1 rings (SSSR count). The van der Waals surface area contributed by atoms with Gasteiger partial charge >= 0.3 is 0 Å². The third-order valence-corrected chi connectivity index (χ3v) is 2.15. The molecule has 1 aromatic rings. The second-order valence-corrected chi connectivity index (χ2v) is 2.94. The zero-order chi connectivity index (χ0) is 8.27. The molecule has 0 radical (unpaired) electrons. The molecule has 0 aliphatic carbocycles. The van der Waals surface area contributed by atoms with Crippen molar-refractivity contribution in [2.75, 3.05) is 0 Å². The molecular weight excluding hydrogens is 154 g/mol. The van der Waals surface area contributed by atoms with E-state index in [1.54, 1.807) is 0 Å². The number of rotatable bonds is 2. The van der Waals surface area contributed by atoms with Crippen LogP contribution in [0.15, 0.2) is 18.2 Å². The Morgan fingerprint density at radius 3 is 2.64 bits per heavy atom. The Morgan fingerprint density at radius 1 is 1.45 bits per heavy atom. The molecule has 0 bridgehead atoms. The zero-order valence-electron chi connectivity index (χ0n) is 6.67. The van der Waals surface area contributed by atoms with Gasteiger partial charge in [0.15, 0.2) is 0 Å². The van der Waals surface area contributed by atoms with E-state index in [9.17, 15) is 0 Å². The van der Waals surface area contributed by atoms with Crippen LogP contribution < -0.4 is 5.73 Å². The van der Waals surface area contributed by atoms with Gasteiger partial charge in [-0.15, -0.1) is 0 Å². The third kappa shape index (κ3) is 1.98. The van der Waals surface area contributed by atoms with Gasteiger partial charge in [-0.3, -0.25) is 0 Å². The highest BCUT2D eigenvalue weighted by molar-refractivity contribution is 7.79. The molecular formula is C9H13NS. The lowest BCUT2D eigenvalue weighted by Gasteiger charge is -2.03. The monoisotopic (exact) mass is 167 g/mol. The highest BCUT2D eigenvalue weighted by Gasteiger charge is 1.95. The average Bonchev–Trinajstić information content (AvgIpc) is 2.04. The van der Waals surface area contributed by atoms with Crippen LogP contribution in [0.3, 0.4) is 0 Å². The first kappa shape index (κ1) is 8.62. The summed E-state index contributed by atoms with van der Waals surface area (Å²) in [5, 5.41) is 0. The van der Waals surface area contributed by atoms with Crippen LogP contribution in [0.5, 0.6) is 0 Å². The fraction of sp³-hybridized carbons (Fsp3) is 0.333. The summed E-state index contributed by atoms with van der Waals surface area (Å²) in [5.74, 6) is 0.802. The second kappa shape index (κ2) is 3.79. The first-order valence-electron chi connectivity index (χ1n) is 3.67. The number of benzene rings is 1. The van der Waals surface area contributed by atoms with Crippen molar-refractivity contribution < 1.29 is 0 Å². The molecule has 11 heavy (non-hydrogen) atoms. The Hall–Kier alpha value is -0.470. The fourth-order valence-corrected chi connectivity index (χ4v) is 1.42. The lowest BCUT2D eigenvalue weighted by Crippen LogP contribution is -1.97. The molecule has 2 heteroatoms. The van der Waals surface area contributed by atoms with E-state index in [1.165, 1.54) is 16.7 Å². The minimum Gasteiger partial charge on any atom is -0.326 e. The van der Waals surface area contributed by atoms with E-state index in [0.717, 1.165) is 5.75 Å². The van der Waals surface area contributed by atoms with Crippen molar-refractivity contribution in [1.82, 2.24) is 0 Å². The van der Waals surface area contributed by atoms with E-state index < -0.39 is 0 Å². The molecule has 0 fully saturated rings. The van der Waals surface area contributed by atoms with Crippen LogP contribution in [-0.2, 0) is 12.3 Å². The number of thiol groups is 1. The van der Waals surface area contributed by atoms with Gasteiger partial charge in [-0.05, 0) is 23.6 Å². The van der Waals surface area contributed by atoms with E-state index in [1.807, 2.05) is 0 Å². The molecule has 1 aromatic carbocycles. The highest BCUT2D eigenvalue weighted by Crippen LogP contribution is 2.12. The standard InChI is InChI=1S/C9H13NS/c1-7-4-8(5-10)2-3-9(7)6-11/h2-4,11H,5-6,10H2,1H3. The quantitative estimate of drug-likeness (QED) is 0.646. The summed E-state index contributed by atoms with van der Waals surface area (Å²) in [4.78, 5) is 0. The molecule has 0 spiro atoms. The topological polar surface area (TPSA) is 26.0 Å². The van der Waals surface area contributed by atoms with Gasteiger partial charge in [0.25, 0.3) is 0 Å². The molecule has 0 unspecified atom stereocenters. The first-order chi connectivity index (χ1) is 5.27. The Kier molecular flexibility index (Phi) is 2.97. The van der Waals surface area contributed by atoms with Gasteiger partial charge in [0.1, 0.15) is 0 Å². The summed E-state index contributed by atoms with van der Waals surface area (Å²) in [6.45, 7) is 2.71. The summed E-state index contributed by atoms with van der Waals surface area (Å²) in [6.07, 6.45) is 0. The van der Waals surface area contributed by atoms with Gasteiger partial charge in [0.05, 0.1) is 0 Å². The molecule has 0 amide bonds. The summed E-state index contributed by atoms with van der Waals surface area (Å²) < 4.78 is 0. The molecule has 60 valence electrons. The molecule has 0 heterocycles. The maximum absolute atomic E-state index is 5.49. The van der Waals surface area contributed by atoms with E-state index in [2.05, 4.69) is 37.8 Å². The lowest BCUT2D eigenvalue weighted by atomic mass is 10.1. The first-order valence-corrected chi connectivity index (χ1v) is 4.30. The molecule has 0 aliphatic heterocycles. The van der Waals surface area contributed by atoms with Crippen molar-refractivity contribution in [3.63, 3.8) is 0 Å². The van der Waals surface area contributed by atoms with Crippen LogP contribution in [0.25, 0.3) is 0 Å². The molecule has 0 aromatic heterocycles. The predicted molar refractivity (Wildman–Crippen MR) is 51.8 cm³/mol. The smallest absolute Gasteiger partial charge is 0.0178 e. The van der Waals surface area contributed by atoms with Crippen LogP contribution in [-0.4, -0.2) is 0 Å². The normalized spacial score (nSPS) is 10.1. The number of nitrogens with two attached hydrogens (primary N) is 1. The number of hydrogen-bond donors (Lipinski definition) is 2. The van der Waals surface area contributed by atoms with Gasteiger partial charge in [-0.2, -0.15) is 12.6 Å². The largest absolute Gasteiger partial charge is 0.326 e. The minimum atomic E-state index is 0.619. The summed E-state index contributed by atoms with van der Waals surface area (Å²) in [6, 6.07) is 6.26. The molecule has 0 saturated carbocycles.